The van der Waals surface area contributed by atoms with Crippen molar-refractivity contribution in [2.24, 2.45) is 5.84 Å². The largest absolute Gasteiger partial charge is 0.494 e. The maximum atomic E-state index is 13.1. The number of nitrogens with zero attached hydrogens (tertiary/aromatic N) is 1. The summed E-state index contributed by atoms with van der Waals surface area (Å²) in [5.74, 6) is 4.77. The van der Waals surface area contributed by atoms with Crippen LogP contribution < -0.4 is 21.3 Å². The fourth-order valence-electron chi connectivity index (χ4n) is 1.66. The monoisotopic (exact) mass is 310 g/mol. The topological polar surface area (TPSA) is 89.3 Å². The van der Waals surface area contributed by atoms with Crippen molar-refractivity contribution < 1.29 is 13.9 Å². The number of methoxy groups -OCH3 is 1. The normalized spacial score (nSPS) is 10.1. The highest BCUT2D eigenvalue weighted by molar-refractivity contribution is 6.30. The molecular weight excluding hydrogens is 299 g/mol. The molecule has 21 heavy (non-hydrogen) atoms. The number of hydrazine groups is 1. The first-order chi connectivity index (χ1) is 10.0. The van der Waals surface area contributed by atoms with Crippen LogP contribution in [0.4, 0.5) is 15.9 Å². The Bertz CT molecular complexity index is 681. The number of ether oxygens (including phenoxy) is 1. The Kier molecular flexibility index (Phi) is 4.56. The van der Waals surface area contributed by atoms with Gasteiger partial charge in [-0.05, 0) is 24.3 Å². The van der Waals surface area contributed by atoms with Crippen LogP contribution >= 0.6 is 11.6 Å². The molecule has 1 amide bonds. The average molecular weight is 311 g/mol. The maximum Gasteiger partial charge on any atom is 0.256 e. The first kappa shape index (κ1) is 15.0. The summed E-state index contributed by atoms with van der Waals surface area (Å²) in [6.45, 7) is 0. The van der Waals surface area contributed by atoms with Crippen molar-refractivity contribution in [3.05, 3.63) is 46.9 Å². The second kappa shape index (κ2) is 6.38. The van der Waals surface area contributed by atoms with Gasteiger partial charge in [0.05, 0.1) is 12.8 Å². The zero-order chi connectivity index (χ0) is 15.4. The van der Waals surface area contributed by atoms with Crippen LogP contribution in [0, 0.1) is 5.82 Å². The first-order valence-corrected chi connectivity index (χ1v) is 6.20. The van der Waals surface area contributed by atoms with Crippen molar-refractivity contribution in [3.63, 3.8) is 0 Å². The lowest BCUT2D eigenvalue weighted by Crippen LogP contribution is -2.15. The molecule has 0 unspecified atom stereocenters. The third kappa shape index (κ3) is 3.59. The highest BCUT2D eigenvalue weighted by Gasteiger charge is 2.12. The molecule has 2 aromatic rings. The van der Waals surface area contributed by atoms with E-state index in [1.807, 2.05) is 0 Å². The number of benzene rings is 1. The highest BCUT2D eigenvalue weighted by atomic mass is 35.5. The number of nitrogens with one attached hydrogen (secondary N) is 2. The number of anilines is 2. The Morgan fingerprint density at radius 1 is 1.38 bits per heavy atom. The summed E-state index contributed by atoms with van der Waals surface area (Å²) in [6, 6.07) is 6.59. The fourth-order valence-corrected chi connectivity index (χ4v) is 1.87. The van der Waals surface area contributed by atoms with E-state index < -0.39 is 11.7 Å². The summed E-state index contributed by atoms with van der Waals surface area (Å²) in [7, 11) is 1.38. The van der Waals surface area contributed by atoms with Gasteiger partial charge >= 0.3 is 0 Å². The number of nitrogens with two attached hydrogens (primary N) is 1. The smallest absolute Gasteiger partial charge is 0.256 e. The Morgan fingerprint density at radius 3 is 2.81 bits per heavy atom. The van der Waals surface area contributed by atoms with Gasteiger partial charge in [0.25, 0.3) is 5.91 Å². The molecule has 4 N–H and O–H groups in total. The number of carbonyl (C=O) groups excluding carboxylic acids is 1. The van der Waals surface area contributed by atoms with E-state index in [9.17, 15) is 9.18 Å². The van der Waals surface area contributed by atoms with Gasteiger partial charge in [-0.25, -0.2) is 15.2 Å². The molecule has 1 heterocycles. The molecule has 0 aliphatic rings. The summed E-state index contributed by atoms with van der Waals surface area (Å²) < 4.78 is 18.1. The van der Waals surface area contributed by atoms with Crippen LogP contribution in [-0.4, -0.2) is 18.0 Å². The summed E-state index contributed by atoms with van der Waals surface area (Å²) in [4.78, 5) is 16.0. The summed E-state index contributed by atoms with van der Waals surface area (Å²) in [6.07, 6.45) is 0. The third-order valence-electron chi connectivity index (χ3n) is 2.62. The number of hydrogen-bond acceptors (Lipinski definition) is 5. The maximum absolute atomic E-state index is 13.1. The second-order valence-corrected chi connectivity index (χ2v) is 4.39. The molecule has 110 valence electrons. The summed E-state index contributed by atoms with van der Waals surface area (Å²) in [5, 5.41) is 2.71. The molecule has 8 heteroatoms. The van der Waals surface area contributed by atoms with Gasteiger partial charge in [-0.15, -0.1) is 0 Å². The van der Waals surface area contributed by atoms with Crippen LogP contribution in [0.25, 0.3) is 0 Å². The highest BCUT2D eigenvalue weighted by Crippen LogP contribution is 2.26. The van der Waals surface area contributed by atoms with Gasteiger partial charge in [0.2, 0.25) is 0 Å². The molecule has 0 saturated heterocycles. The van der Waals surface area contributed by atoms with E-state index in [4.69, 9.17) is 22.2 Å². The van der Waals surface area contributed by atoms with Crippen molar-refractivity contribution in [3.8, 4) is 5.75 Å². The van der Waals surface area contributed by atoms with Gasteiger partial charge in [-0.2, -0.15) is 0 Å². The Hall–Kier alpha value is -2.38. The molecule has 0 radical (unpaired) electrons. The predicted octanol–water partition coefficient (Wildman–Crippen LogP) is 2.42. The van der Waals surface area contributed by atoms with E-state index in [0.717, 1.165) is 0 Å². The number of pyridine rings is 1. The SMILES string of the molecule is COc1cc(F)ccc1NC(=O)c1cc(Cl)nc(NN)c1. The number of halogens is 2. The van der Waals surface area contributed by atoms with Crippen LogP contribution in [0.3, 0.4) is 0 Å². The lowest BCUT2D eigenvalue weighted by Gasteiger charge is -2.11. The molecule has 0 fully saturated rings. The number of hydrogen-bond donors (Lipinski definition) is 3. The zero-order valence-electron chi connectivity index (χ0n) is 11.0. The molecule has 0 spiro atoms. The summed E-state index contributed by atoms with van der Waals surface area (Å²) >= 11 is 5.79. The molecule has 2 rings (SSSR count). The lowest BCUT2D eigenvalue weighted by molar-refractivity contribution is 0.102. The van der Waals surface area contributed by atoms with E-state index in [0.29, 0.717) is 5.69 Å². The molecule has 0 aliphatic heterocycles. The Morgan fingerprint density at radius 2 is 2.14 bits per heavy atom. The lowest BCUT2D eigenvalue weighted by atomic mass is 10.2. The van der Waals surface area contributed by atoms with Crippen LogP contribution in [0.15, 0.2) is 30.3 Å². The van der Waals surface area contributed by atoms with Gasteiger partial charge < -0.3 is 15.5 Å². The van der Waals surface area contributed by atoms with E-state index in [1.54, 1.807) is 0 Å². The molecule has 0 atom stereocenters. The van der Waals surface area contributed by atoms with E-state index in [2.05, 4.69) is 15.7 Å². The number of nitrogen functional groups attached to an aromatic ring is 1. The van der Waals surface area contributed by atoms with E-state index >= 15 is 0 Å². The van der Waals surface area contributed by atoms with Crippen LogP contribution in [0.5, 0.6) is 5.75 Å². The van der Waals surface area contributed by atoms with Gasteiger partial charge in [0.1, 0.15) is 22.5 Å². The van der Waals surface area contributed by atoms with Gasteiger partial charge in [-0.1, -0.05) is 11.6 Å². The van der Waals surface area contributed by atoms with Crippen LogP contribution in [0.2, 0.25) is 5.15 Å². The molecule has 0 aliphatic carbocycles. The number of aromatic nitrogens is 1. The third-order valence-corrected chi connectivity index (χ3v) is 2.81. The minimum atomic E-state index is -0.466. The minimum Gasteiger partial charge on any atom is -0.494 e. The zero-order valence-corrected chi connectivity index (χ0v) is 11.7. The van der Waals surface area contributed by atoms with Crippen molar-refractivity contribution in [2.75, 3.05) is 17.9 Å². The Labute approximate surface area is 125 Å². The van der Waals surface area contributed by atoms with Crippen LogP contribution in [-0.2, 0) is 0 Å². The van der Waals surface area contributed by atoms with Crippen molar-refractivity contribution in [2.45, 2.75) is 0 Å². The van der Waals surface area contributed by atoms with E-state index in [-0.39, 0.29) is 22.3 Å². The average Bonchev–Trinajstić information content (AvgIpc) is 2.48. The molecule has 1 aromatic heterocycles. The number of carbonyl (C=O) groups is 1. The van der Waals surface area contributed by atoms with Crippen molar-refractivity contribution in [1.29, 1.82) is 0 Å². The standard InChI is InChI=1S/C13H12ClFN4O2/c1-21-10-6-8(15)2-3-9(10)17-13(20)7-4-11(14)18-12(5-7)19-16/h2-6H,16H2,1H3,(H,17,20)(H,18,19). The quantitative estimate of drug-likeness (QED) is 0.458. The van der Waals surface area contributed by atoms with Crippen LogP contribution in [0.1, 0.15) is 10.4 Å². The van der Waals surface area contributed by atoms with Crippen molar-refractivity contribution in [1.82, 2.24) is 4.98 Å². The Balaban J connectivity index is 2.28. The minimum absolute atomic E-state index is 0.113. The predicted molar refractivity (Wildman–Crippen MR) is 78.0 cm³/mol. The summed E-state index contributed by atoms with van der Waals surface area (Å²) in [5.41, 5.74) is 2.88. The number of rotatable bonds is 4. The molecule has 0 saturated carbocycles. The first-order valence-electron chi connectivity index (χ1n) is 5.82. The second-order valence-electron chi connectivity index (χ2n) is 4.01. The van der Waals surface area contributed by atoms with E-state index in [1.165, 1.54) is 37.4 Å². The molecule has 1 aromatic carbocycles. The van der Waals surface area contributed by atoms with Crippen molar-refractivity contribution >= 4 is 29.0 Å². The fraction of sp³-hybridized carbons (Fsp3) is 0.0769. The molecule has 0 bridgehead atoms. The molecular formula is C13H12ClFN4O2. The van der Waals surface area contributed by atoms with Gasteiger partial charge in [-0.3, -0.25) is 4.79 Å². The molecule has 6 nitrogen and oxygen atoms in total. The van der Waals surface area contributed by atoms with Gasteiger partial charge in [0.15, 0.2) is 0 Å². The van der Waals surface area contributed by atoms with Gasteiger partial charge in [0, 0.05) is 11.6 Å². The number of amides is 1.